The molecule has 0 bridgehead atoms. The number of amides is 1. The average Bonchev–Trinajstić information content (AvgIpc) is 3.12. The highest BCUT2D eigenvalue weighted by molar-refractivity contribution is 8.18. The Bertz CT molecular complexity index is 1170. The first-order chi connectivity index (χ1) is 15.1. The van der Waals surface area contributed by atoms with Gasteiger partial charge in [0, 0.05) is 5.56 Å². The molecular formula is C24H17N2O4S-. The molecule has 0 aliphatic carbocycles. The Hall–Kier alpha value is -3.84. The summed E-state index contributed by atoms with van der Waals surface area (Å²) in [5.41, 5.74) is 2.44. The van der Waals surface area contributed by atoms with Crippen molar-refractivity contribution in [1.29, 1.82) is 0 Å². The van der Waals surface area contributed by atoms with Gasteiger partial charge in [-0.3, -0.25) is 4.79 Å². The van der Waals surface area contributed by atoms with E-state index in [-0.39, 0.29) is 11.5 Å². The van der Waals surface area contributed by atoms with E-state index in [1.54, 1.807) is 18.2 Å². The van der Waals surface area contributed by atoms with Gasteiger partial charge in [-0.15, -0.1) is 0 Å². The normalized spacial score (nSPS) is 15.8. The SMILES string of the molecule is O=C1NC(=Nc2ccc(C(=O)[O-])cc2)S/C1=C\c1ccccc1OCc1ccccc1. The van der Waals surface area contributed by atoms with Gasteiger partial charge in [-0.2, -0.15) is 0 Å². The van der Waals surface area contributed by atoms with Crippen molar-refractivity contribution in [3.05, 3.63) is 100 Å². The van der Waals surface area contributed by atoms with Crippen LogP contribution >= 0.6 is 11.8 Å². The molecule has 154 valence electrons. The van der Waals surface area contributed by atoms with E-state index in [4.69, 9.17) is 4.74 Å². The first-order valence-electron chi connectivity index (χ1n) is 9.45. The fourth-order valence-electron chi connectivity index (χ4n) is 2.88. The maximum absolute atomic E-state index is 12.4. The second-order valence-corrected chi connectivity index (χ2v) is 7.66. The van der Waals surface area contributed by atoms with Crippen molar-refractivity contribution in [2.45, 2.75) is 6.61 Å². The molecule has 1 heterocycles. The number of rotatable bonds is 6. The van der Waals surface area contributed by atoms with Crippen molar-refractivity contribution in [2.75, 3.05) is 0 Å². The highest BCUT2D eigenvalue weighted by atomic mass is 32.2. The summed E-state index contributed by atoms with van der Waals surface area (Å²) in [5.74, 6) is -0.829. The van der Waals surface area contributed by atoms with Gasteiger partial charge in [-0.1, -0.05) is 60.7 Å². The second kappa shape index (κ2) is 9.32. The third-order valence-corrected chi connectivity index (χ3v) is 5.34. The quantitative estimate of drug-likeness (QED) is 0.606. The van der Waals surface area contributed by atoms with E-state index in [1.807, 2.05) is 54.6 Å². The van der Waals surface area contributed by atoms with E-state index >= 15 is 0 Å². The summed E-state index contributed by atoms with van der Waals surface area (Å²) in [6.07, 6.45) is 1.77. The number of carbonyl (C=O) groups excluding carboxylic acids is 2. The fourth-order valence-corrected chi connectivity index (χ4v) is 3.71. The van der Waals surface area contributed by atoms with E-state index in [9.17, 15) is 14.7 Å². The maximum Gasteiger partial charge on any atom is 0.264 e. The number of carbonyl (C=O) groups is 2. The van der Waals surface area contributed by atoms with Crippen LogP contribution in [0.25, 0.3) is 6.08 Å². The number of nitrogens with zero attached hydrogens (tertiary/aromatic N) is 1. The Kier molecular flexibility index (Phi) is 6.14. The standard InChI is InChI=1S/C24H18N2O4S/c27-22-21(31-24(26-22)25-19-12-10-17(11-13-19)23(28)29)14-18-8-4-5-9-20(18)30-15-16-6-2-1-3-7-16/h1-14H,15H2,(H,28,29)(H,25,26,27)/p-1/b21-14-. The van der Waals surface area contributed by atoms with Crippen molar-refractivity contribution in [2.24, 2.45) is 4.99 Å². The molecule has 3 aromatic carbocycles. The van der Waals surface area contributed by atoms with Crippen molar-refractivity contribution in [3.63, 3.8) is 0 Å². The molecule has 0 radical (unpaired) electrons. The van der Waals surface area contributed by atoms with Crippen LogP contribution in [0.15, 0.2) is 88.8 Å². The largest absolute Gasteiger partial charge is 0.545 e. The molecule has 0 saturated carbocycles. The minimum absolute atomic E-state index is 0.0692. The van der Waals surface area contributed by atoms with Crippen molar-refractivity contribution in [1.82, 2.24) is 5.32 Å². The van der Waals surface area contributed by atoms with E-state index in [1.165, 1.54) is 23.9 Å². The van der Waals surface area contributed by atoms with E-state index in [0.29, 0.717) is 28.1 Å². The topological polar surface area (TPSA) is 90.8 Å². The first kappa shape index (κ1) is 20.4. The molecule has 1 saturated heterocycles. The zero-order chi connectivity index (χ0) is 21.6. The number of thioether (sulfide) groups is 1. The second-order valence-electron chi connectivity index (χ2n) is 6.63. The number of benzene rings is 3. The molecule has 1 aliphatic rings. The number of nitrogens with one attached hydrogen (secondary N) is 1. The Labute approximate surface area is 183 Å². The summed E-state index contributed by atoms with van der Waals surface area (Å²) in [6.45, 7) is 0.426. The number of hydrogen-bond donors (Lipinski definition) is 1. The number of aliphatic imine (C=N–C) groups is 1. The molecule has 0 atom stereocenters. The van der Waals surface area contributed by atoms with Gasteiger partial charge in [-0.25, -0.2) is 4.99 Å². The number of carboxylic acid groups (broad SMARTS) is 1. The molecule has 1 N–H and O–H groups in total. The zero-order valence-corrected chi connectivity index (χ0v) is 17.1. The Morgan fingerprint density at radius 2 is 1.71 bits per heavy atom. The van der Waals surface area contributed by atoms with Crippen LogP contribution in [-0.2, 0) is 11.4 Å². The Balaban J connectivity index is 1.50. The van der Waals surface area contributed by atoms with Crippen molar-refractivity contribution >= 4 is 40.6 Å². The number of amidine groups is 1. The van der Waals surface area contributed by atoms with E-state index in [0.717, 1.165) is 11.1 Å². The van der Waals surface area contributed by atoms with Crippen LogP contribution in [0, 0.1) is 0 Å². The number of ether oxygens (including phenoxy) is 1. The summed E-state index contributed by atoms with van der Waals surface area (Å²) >= 11 is 1.21. The lowest BCUT2D eigenvalue weighted by Gasteiger charge is -2.09. The maximum atomic E-state index is 12.4. The van der Waals surface area contributed by atoms with Crippen LogP contribution in [0.4, 0.5) is 5.69 Å². The van der Waals surface area contributed by atoms with Crippen LogP contribution in [0.5, 0.6) is 5.75 Å². The molecule has 4 rings (SSSR count). The van der Waals surface area contributed by atoms with Crippen molar-refractivity contribution < 1.29 is 19.4 Å². The van der Waals surface area contributed by atoms with Gasteiger partial charge in [-0.05, 0) is 47.2 Å². The minimum Gasteiger partial charge on any atom is -0.545 e. The number of para-hydroxylation sites is 1. The highest BCUT2D eigenvalue weighted by Crippen LogP contribution is 2.31. The summed E-state index contributed by atoms with van der Waals surface area (Å²) in [6, 6.07) is 23.3. The fraction of sp³-hybridized carbons (Fsp3) is 0.0417. The minimum atomic E-state index is -1.25. The predicted octanol–water partition coefficient (Wildman–Crippen LogP) is 3.52. The highest BCUT2D eigenvalue weighted by Gasteiger charge is 2.24. The molecular weight excluding hydrogens is 412 g/mol. The van der Waals surface area contributed by atoms with Gasteiger partial charge in [0.05, 0.1) is 16.6 Å². The van der Waals surface area contributed by atoms with E-state index in [2.05, 4.69) is 10.3 Å². The molecule has 1 fully saturated rings. The summed E-state index contributed by atoms with van der Waals surface area (Å²) in [7, 11) is 0. The summed E-state index contributed by atoms with van der Waals surface area (Å²) < 4.78 is 5.95. The van der Waals surface area contributed by atoms with Crippen LogP contribution in [0.1, 0.15) is 21.5 Å². The van der Waals surface area contributed by atoms with E-state index < -0.39 is 5.97 Å². The Morgan fingerprint density at radius 3 is 2.45 bits per heavy atom. The first-order valence-corrected chi connectivity index (χ1v) is 10.3. The average molecular weight is 429 g/mol. The molecule has 1 amide bonds. The molecule has 3 aromatic rings. The monoisotopic (exact) mass is 429 g/mol. The predicted molar refractivity (Wildman–Crippen MR) is 119 cm³/mol. The molecule has 0 aromatic heterocycles. The van der Waals surface area contributed by atoms with Gasteiger partial charge < -0.3 is 20.0 Å². The number of hydrogen-bond acceptors (Lipinski definition) is 6. The van der Waals surface area contributed by atoms with Gasteiger partial charge in [0.25, 0.3) is 5.91 Å². The molecule has 0 unspecified atom stereocenters. The lowest BCUT2D eigenvalue weighted by molar-refractivity contribution is -0.255. The molecule has 7 heteroatoms. The van der Waals surface area contributed by atoms with Gasteiger partial charge >= 0.3 is 0 Å². The van der Waals surface area contributed by atoms with Crippen molar-refractivity contribution in [3.8, 4) is 5.75 Å². The van der Waals surface area contributed by atoms with Gasteiger partial charge in [0.2, 0.25) is 0 Å². The smallest absolute Gasteiger partial charge is 0.264 e. The molecule has 0 spiro atoms. The third-order valence-electron chi connectivity index (χ3n) is 4.43. The number of aromatic carboxylic acids is 1. The number of carboxylic acids is 1. The molecule has 6 nitrogen and oxygen atoms in total. The van der Waals surface area contributed by atoms with Crippen LogP contribution in [0.3, 0.4) is 0 Å². The van der Waals surface area contributed by atoms with Crippen LogP contribution in [-0.4, -0.2) is 17.0 Å². The zero-order valence-electron chi connectivity index (χ0n) is 16.3. The summed E-state index contributed by atoms with van der Waals surface area (Å²) in [4.78, 5) is 28.1. The molecule has 1 aliphatic heterocycles. The van der Waals surface area contributed by atoms with Gasteiger partial charge in [0.1, 0.15) is 12.4 Å². The van der Waals surface area contributed by atoms with Gasteiger partial charge in [0.15, 0.2) is 5.17 Å². The lowest BCUT2D eigenvalue weighted by atomic mass is 10.2. The third kappa shape index (κ3) is 5.21. The summed E-state index contributed by atoms with van der Waals surface area (Å²) in [5, 5.41) is 14.0. The van der Waals surface area contributed by atoms with Crippen LogP contribution < -0.4 is 15.2 Å². The van der Waals surface area contributed by atoms with Crippen LogP contribution in [0.2, 0.25) is 0 Å². The Morgan fingerprint density at radius 1 is 1.00 bits per heavy atom. The molecule has 31 heavy (non-hydrogen) atoms. The lowest BCUT2D eigenvalue weighted by Crippen LogP contribution is -2.21.